The van der Waals surface area contributed by atoms with E-state index in [0.717, 1.165) is 5.56 Å². The predicted molar refractivity (Wildman–Crippen MR) is 102 cm³/mol. The molecular weight excluding hydrogens is 382 g/mol. The van der Waals surface area contributed by atoms with E-state index in [1.54, 1.807) is 12.1 Å². The molecule has 2 aromatic rings. The second-order valence-electron chi connectivity index (χ2n) is 6.58. The van der Waals surface area contributed by atoms with Crippen LogP contribution in [0.2, 0.25) is 0 Å². The lowest BCUT2D eigenvalue weighted by Gasteiger charge is -2.33. The van der Waals surface area contributed by atoms with Crippen LogP contribution in [0.25, 0.3) is 0 Å². The average molecular weight is 402 g/mol. The van der Waals surface area contributed by atoms with E-state index in [1.807, 2.05) is 0 Å². The Kier molecular flexibility index (Phi) is 6.38. The van der Waals surface area contributed by atoms with E-state index in [0.29, 0.717) is 5.69 Å². The number of rotatable bonds is 5. The fourth-order valence-electron chi connectivity index (χ4n) is 2.82. The van der Waals surface area contributed by atoms with Gasteiger partial charge in [-0.25, -0.2) is 13.6 Å². The molecule has 1 fully saturated rings. The molecule has 9 heteroatoms. The first kappa shape index (κ1) is 20.2. The number of hydrogen-bond donors (Lipinski definition) is 2. The van der Waals surface area contributed by atoms with E-state index in [-0.39, 0.29) is 50.4 Å². The van der Waals surface area contributed by atoms with E-state index < -0.39 is 11.8 Å². The highest BCUT2D eigenvalue weighted by Crippen LogP contribution is 2.11. The van der Waals surface area contributed by atoms with Crippen molar-refractivity contribution >= 4 is 23.5 Å². The second-order valence-corrected chi connectivity index (χ2v) is 6.58. The lowest BCUT2D eigenvalue weighted by Crippen LogP contribution is -2.55. The average Bonchev–Trinajstić information content (AvgIpc) is 2.71. The van der Waals surface area contributed by atoms with Crippen LogP contribution in [0.15, 0.2) is 48.5 Å². The largest absolute Gasteiger partial charge is 0.350 e. The number of anilines is 1. The Balaban J connectivity index is 1.44. The molecule has 4 amide bonds. The Morgan fingerprint density at radius 1 is 0.931 bits per heavy atom. The lowest BCUT2D eigenvalue weighted by atomic mass is 10.2. The molecule has 29 heavy (non-hydrogen) atoms. The van der Waals surface area contributed by atoms with Crippen molar-refractivity contribution in [2.24, 2.45) is 0 Å². The molecule has 1 aliphatic rings. The highest BCUT2D eigenvalue weighted by atomic mass is 19.1. The van der Waals surface area contributed by atoms with Crippen molar-refractivity contribution in [3.8, 4) is 0 Å². The summed E-state index contributed by atoms with van der Waals surface area (Å²) in [6.45, 7) is 0.447. The van der Waals surface area contributed by atoms with Gasteiger partial charge in [0, 0.05) is 25.3 Å². The predicted octanol–water partition coefficient (Wildman–Crippen LogP) is 1.96. The van der Waals surface area contributed by atoms with E-state index >= 15 is 0 Å². The van der Waals surface area contributed by atoms with Gasteiger partial charge in [-0.15, -0.1) is 0 Å². The number of nitrogens with one attached hydrogen (secondary N) is 2. The highest BCUT2D eigenvalue weighted by Gasteiger charge is 2.28. The van der Waals surface area contributed by atoms with Gasteiger partial charge in [-0.05, 0) is 42.0 Å². The molecule has 1 aliphatic heterocycles. The molecule has 0 aromatic heterocycles. The Bertz CT molecular complexity index is 888. The normalized spacial score (nSPS) is 13.9. The monoisotopic (exact) mass is 402 g/mol. The Morgan fingerprint density at radius 3 is 2.17 bits per heavy atom. The van der Waals surface area contributed by atoms with Gasteiger partial charge >= 0.3 is 6.03 Å². The van der Waals surface area contributed by atoms with Crippen LogP contribution in [0.4, 0.5) is 19.3 Å². The van der Waals surface area contributed by atoms with Gasteiger partial charge in [0.25, 0.3) is 0 Å². The molecule has 0 spiro atoms. The molecule has 0 unspecified atom stereocenters. The molecule has 1 heterocycles. The first-order valence-corrected chi connectivity index (χ1v) is 9.01. The summed E-state index contributed by atoms with van der Waals surface area (Å²) < 4.78 is 25.8. The molecular formula is C20H20F2N4O3. The SMILES string of the molecule is O=C(CN1CCN(C(=O)Nc2ccc(F)cc2)CC1=O)NCc1ccc(F)cc1. The summed E-state index contributed by atoms with van der Waals surface area (Å²) in [6, 6.07) is 10.6. The third-order valence-corrected chi connectivity index (χ3v) is 4.44. The van der Waals surface area contributed by atoms with E-state index in [9.17, 15) is 23.2 Å². The number of nitrogens with zero attached hydrogens (tertiary/aromatic N) is 2. The van der Waals surface area contributed by atoms with Gasteiger partial charge in [0.2, 0.25) is 11.8 Å². The van der Waals surface area contributed by atoms with Gasteiger partial charge in [-0.3, -0.25) is 9.59 Å². The Labute approximate surface area is 166 Å². The molecule has 2 N–H and O–H groups in total. The molecule has 3 rings (SSSR count). The van der Waals surface area contributed by atoms with Crippen LogP contribution in [0, 0.1) is 11.6 Å². The van der Waals surface area contributed by atoms with Gasteiger partial charge in [0.1, 0.15) is 18.2 Å². The zero-order valence-corrected chi connectivity index (χ0v) is 15.5. The van der Waals surface area contributed by atoms with Crippen molar-refractivity contribution in [3.63, 3.8) is 0 Å². The van der Waals surface area contributed by atoms with Gasteiger partial charge in [-0.2, -0.15) is 0 Å². The standard InChI is InChI=1S/C20H20F2N4O3/c21-15-3-1-14(2-4-15)11-23-18(27)12-25-9-10-26(13-19(25)28)20(29)24-17-7-5-16(22)6-8-17/h1-8H,9-13H2,(H,23,27)(H,24,29). The maximum Gasteiger partial charge on any atom is 0.322 e. The van der Waals surface area contributed by atoms with Crippen LogP contribution in [-0.4, -0.2) is 53.8 Å². The Hall–Kier alpha value is -3.49. The first-order chi connectivity index (χ1) is 13.9. The molecule has 0 bridgehead atoms. The summed E-state index contributed by atoms with van der Waals surface area (Å²) in [7, 11) is 0. The van der Waals surface area contributed by atoms with Crippen LogP contribution in [-0.2, 0) is 16.1 Å². The maximum absolute atomic E-state index is 12.9. The third kappa shape index (κ3) is 5.74. The second kappa shape index (κ2) is 9.13. The van der Waals surface area contributed by atoms with Crippen LogP contribution in [0.3, 0.4) is 0 Å². The minimum absolute atomic E-state index is 0.118. The fourth-order valence-corrected chi connectivity index (χ4v) is 2.82. The zero-order valence-electron chi connectivity index (χ0n) is 15.5. The Morgan fingerprint density at radius 2 is 1.55 bits per heavy atom. The minimum Gasteiger partial charge on any atom is -0.350 e. The van der Waals surface area contributed by atoms with Gasteiger partial charge in [0.15, 0.2) is 0 Å². The number of hydrogen-bond acceptors (Lipinski definition) is 3. The maximum atomic E-state index is 12.9. The molecule has 0 atom stereocenters. The number of amides is 4. The summed E-state index contributed by atoms with van der Waals surface area (Å²) in [5.41, 5.74) is 1.17. The summed E-state index contributed by atoms with van der Waals surface area (Å²) in [4.78, 5) is 39.3. The quantitative estimate of drug-likeness (QED) is 0.802. The van der Waals surface area contributed by atoms with Crippen LogP contribution in [0.5, 0.6) is 0 Å². The van der Waals surface area contributed by atoms with Crippen LogP contribution in [0.1, 0.15) is 5.56 Å². The fraction of sp³-hybridized carbons (Fsp3) is 0.250. The van der Waals surface area contributed by atoms with Gasteiger partial charge in [0.05, 0.1) is 6.54 Å². The number of piperazine rings is 1. The van der Waals surface area contributed by atoms with Gasteiger partial charge in [-0.1, -0.05) is 12.1 Å². The van der Waals surface area contributed by atoms with E-state index in [2.05, 4.69) is 10.6 Å². The highest BCUT2D eigenvalue weighted by molar-refractivity contribution is 5.94. The summed E-state index contributed by atoms with van der Waals surface area (Å²) in [5, 5.41) is 5.28. The molecule has 0 saturated carbocycles. The van der Waals surface area contributed by atoms with Crippen molar-refractivity contribution < 1.29 is 23.2 Å². The lowest BCUT2D eigenvalue weighted by molar-refractivity contribution is -0.139. The number of carbonyl (C=O) groups excluding carboxylic acids is 3. The smallest absolute Gasteiger partial charge is 0.322 e. The first-order valence-electron chi connectivity index (χ1n) is 9.01. The molecule has 0 radical (unpaired) electrons. The summed E-state index contributed by atoms with van der Waals surface area (Å²) in [5.74, 6) is -1.45. The molecule has 0 aliphatic carbocycles. The number of urea groups is 1. The minimum atomic E-state index is -0.467. The zero-order chi connectivity index (χ0) is 20.8. The molecule has 152 valence electrons. The summed E-state index contributed by atoms with van der Waals surface area (Å²) in [6.07, 6.45) is 0. The van der Waals surface area contributed by atoms with Crippen molar-refractivity contribution in [1.82, 2.24) is 15.1 Å². The van der Waals surface area contributed by atoms with Crippen molar-refractivity contribution in [1.29, 1.82) is 0 Å². The van der Waals surface area contributed by atoms with Gasteiger partial charge < -0.3 is 20.4 Å². The van der Waals surface area contributed by atoms with Crippen molar-refractivity contribution in [3.05, 3.63) is 65.7 Å². The summed E-state index contributed by atoms with van der Waals surface area (Å²) >= 11 is 0. The topological polar surface area (TPSA) is 81.8 Å². The molecule has 1 saturated heterocycles. The molecule has 2 aromatic carbocycles. The third-order valence-electron chi connectivity index (χ3n) is 4.44. The number of halogens is 2. The van der Waals surface area contributed by atoms with Crippen molar-refractivity contribution in [2.75, 3.05) is 31.5 Å². The van der Waals surface area contributed by atoms with Crippen LogP contribution >= 0.6 is 0 Å². The molecule has 7 nitrogen and oxygen atoms in total. The van der Waals surface area contributed by atoms with Crippen LogP contribution < -0.4 is 10.6 Å². The number of benzene rings is 2. The van der Waals surface area contributed by atoms with E-state index in [4.69, 9.17) is 0 Å². The van der Waals surface area contributed by atoms with E-state index in [1.165, 1.54) is 46.2 Å². The number of carbonyl (C=O) groups is 3. The van der Waals surface area contributed by atoms with Crippen molar-refractivity contribution in [2.45, 2.75) is 6.54 Å².